The molecule has 2 aromatic rings. The minimum absolute atomic E-state index is 0. The Labute approximate surface area is 144 Å². The van der Waals surface area contributed by atoms with E-state index in [0.717, 1.165) is 0 Å². The minimum Gasteiger partial charge on any atom is -0.358 e. The molecule has 0 amide bonds. The van der Waals surface area contributed by atoms with Crippen LogP contribution in [0.2, 0.25) is 0 Å². The molecule has 0 aliphatic heterocycles. The SMILES string of the molecule is C[c-]1cccc1.Cc1cccc2c1C=[C-]C2C.[CH3-].[CH3-].[Zr+4]. The minimum atomic E-state index is 0. The van der Waals surface area contributed by atoms with Crippen molar-refractivity contribution in [1.29, 1.82) is 0 Å². The molecule has 0 spiro atoms. The second kappa shape index (κ2) is 10.00. The number of hydrogen-bond donors (Lipinski definition) is 0. The van der Waals surface area contributed by atoms with Gasteiger partial charge in [-0.1, -0.05) is 44.9 Å². The van der Waals surface area contributed by atoms with E-state index in [1.165, 1.54) is 22.3 Å². The summed E-state index contributed by atoms with van der Waals surface area (Å²) in [6, 6.07) is 14.7. The molecule has 2 aromatic carbocycles. The zero-order valence-corrected chi connectivity index (χ0v) is 15.7. The smallest absolute Gasteiger partial charge is 0.358 e. The largest absolute Gasteiger partial charge is 4.00 e. The van der Waals surface area contributed by atoms with Gasteiger partial charge in [-0.25, -0.2) is 18.2 Å². The van der Waals surface area contributed by atoms with Gasteiger partial charge in [-0.05, 0) is 0 Å². The van der Waals surface area contributed by atoms with Crippen molar-refractivity contribution in [2.75, 3.05) is 0 Å². The summed E-state index contributed by atoms with van der Waals surface area (Å²) in [5.74, 6) is 0.491. The standard InChI is InChI=1S/C11H11.C6H7.2CH3.Zr/c1-8-4-3-5-10-9(2)6-7-11(8)10;1-6-4-2-3-5-6;;;/h3-5,7,9H,1-2H3;2-5H,1H3;2*1H3;/q4*-1;+4. The quantitative estimate of drug-likeness (QED) is 0.551. The van der Waals surface area contributed by atoms with Crippen molar-refractivity contribution in [3.63, 3.8) is 0 Å². The van der Waals surface area contributed by atoms with E-state index in [1.54, 1.807) is 0 Å². The predicted octanol–water partition coefficient (Wildman–Crippen LogP) is 5.54. The van der Waals surface area contributed by atoms with Gasteiger partial charge in [-0.15, -0.1) is 11.1 Å². The molecule has 0 radical (unpaired) electrons. The van der Waals surface area contributed by atoms with Crippen LogP contribution in [0.4, 0.5) is 0 Å². The number of hydrogen-bond acceptors (Lipinski definition) is 0. The molecule has 0 heterocycles. The van der Waals surface area contributed by atoms with Crippen LogP contribution in [0.5, 0.6) is 0 Å². The molecule has 1 heteroatoms. The van der Waals surface area contributed by atoms with Crippen molar-refractivity contribution >= 4 is 6.08 Å². The molecule has 0 saturated carbocycles. The third kappa shape index (κ3) is 5.29. The van der Waals surface area contributed by atoms with Crippen molar-refractivity contribution in [3.8, 4) is 0 Å². The van der Waals surface area contributed by atoms with Gasteiger partial charge in [0.25, 0.3) is 0 Å². The second-order valence-corrected chi connectivity index (χ2v) is 4.57. The van der Waals surface area contributed by atoms with Gasteiger partial charge in [0.15, 0.2) is 0 Å². The van der Waals surface area contributed by atoms with E-state index >= 15 is 0 Å². The van der Waals surface area contributed by atoms with Crippen LogP contribution in [0.3, 0.4) is 0 Å². The molecule has 0 aromatic heterocycles. The number of benzene rings is 1. The van der Waals surface area contributed by atoms with E-state index in [0.29, 0.717) is 5.92 Å². The summed E-state index contributed by atoms with van der Waals surface area (Å²) >= 11 is 0. The Morgan fingerprint density at radius 1 is 1.05 bits per heavy atom. The molecule has 1 aliphatic carbocycles. The second-order valence-electron chi connectivity index (χ2n) is 4.57. The summed E-state index contributed by atoms with van der Waals surface area (Å²) < 4.78 is 0. The van der Waals surface area contributed by atoms with E-state index in [-0.39, 0.29) is 41.1 Å². The summed E-state index contributed by atoms with van der Waals surface area (Å²) in [6.07, 6.45) is 5.41. The molecule has 0 nitrogen and oxygen atoms in total. The Bertz CT molecular complexity index is 507. The summed E-state index contributed by atoms with van der Waals surface area (Å²) in [6.45, 7) is 6.41. The first kappa shape index (κ1) is 21.5. The summed E-state index contributed by atoms with van der Waals surface area (Å²) in [5, 5.41) is 0. The van der Waals surface area contributed by atoms with Crippen LogP contribution in [-0.4, -0.2) is 0 Å². The number of aryl methyl sites for hydroxylation is 2. The van der Waals surface area contributed by atoms with E-state index < -0.39 is 0 Å². The van der Waals surface area contributed by atoms with Crippen molar-refractivity contribution in [3.05, 3.63) is 85.6 Å². The zero-order chi connectivity index (χ0) is 12.3. The Kier molecular flexibility index (Phi) is 10.7. The number of fused-ring (bicyclic) bond motifs is 1. The first-order valence-electron chi connectivity index (χ1n) is 6.05. The molecule has 104 valence electrons. The van der Waals surface area contributed by atoms with E-state index in [4.69, 9.17) is 0 Å². The molecule has 0 saturated heterocycles. The van der Waals surface area contributed by atoms with Gasteiger partial charge in [0, 0.05) is 0 Å². The third-order valence-corrected chi connectivity index (χ3v) is 3.13. The van der Waals surface area contributed by atoms with Crippen LogP contribution in [0.15, 0.2) is 42.5 Å². The molecule has 0 fully saturated rings. The molecule has 0 bridgehead atoms. The van der Waals surface area contributed by atoms with E-state index in [9.17, 15) is 0 Å². The number of allylic oxidation sites excluding steroid dienone is 1. The molecular formula is C19H24Zr. The maximum absolute atomic E-state index is 3.30. The van der Waals surface area contributed by atoms with Crippen LogP contribution >= 0.6 is 0 Å². The van der Waals surface area contributed by atoms with Crippen LogP contribution < -0.4 is 0 Å². The monoisotopic (exact) mass is 342 g/mol. The van der Waals surface area contributed by atoms with Gasteiger partial charge in [0.1, 0.15) is 0 Å². The van der Waals surface area contributed by atoms with Crippen LogP contribution in [-0.2, 0) is 26.2 Å². The first-order chi connectivity index (χ1) is 8.18. The van der Waals surface area contributed by atoms with Crippen LogP contribution in [0.25, 0.3) is 6.08 Å². The van der Waals surface area contributed by atoms with Crippen LogP contribution in [0.1, 0.15) is 35.1 Å². The normalized spacial score (nSPS) is 13.8. The fourth-order valence-electron chi connectivity index (χ4n) is 2.05. The van der Waals surface area contributed by atoms with Crippen molar-refractivity contribution < 1.29 is 26.2 Å². The van der Waals surface area contributed by atoms with E-state index in [1.807, 2.05) is 12.1 Å². The van der Waals surface area contributed by atoms with Gasteiger partial charge in [-0.3, -0.25) is 6.08 Å². The summed E-state index contributed by atoms with van der Waals surface area (Å²) in [4.78, 5) is 0. The van der Waals surface area contributed by atoms with Gasteiger partial charge >= 0.3 is 26.2 Å². The van der Waals surface area contributed by atoms with Crippen molar-refractivity contribution in [2.24, 2.45) is 0 Å². The Hall–Kier alpha value is -0.807. The Morgan fingerprint density at radius 3 is 2.10 bits per heavy atom. The molecule has 1 unspecified atom stereocenters. The van der Waals surface area contributed by atoms with Gasteiger partial charge < -0.3 is 14.9 Å². The van der Waals surface area contributed by atoms with Gasteiger partial charge in [-0.2, -0.15) is 23.3 Å². The van der Waals surface area contributed by atoms with Crippen LogP contribution in [0, 0.1) is 34.8 Å². The predicted molar refractivity (Wildman–Crippen MR) is 86.9 cm³/mol. The van der Waals surface area contributed by atoms with Gasteiger partial charge in [0.2, 0.25) is 0 Å². The Balaban J connectivity index is 0. The maximum Gasteiger partial charge on any atom is 4.00 e. The summed E-state index contributed by atoms with van der Waals surface area (Å²) in [5.41, 5.74) is 5.50. The fourth-order valence-corrected chi connectivity index (χ4v) is 2.05. The molecule has 1 atom stereocenters. The zero-order valence-electron chi connectivity index (χ0n) is 13.2. The third-order valence-electron chi connectivity index (χ3n) is 3.13. The average molecular weight is 344 g/mol. The topological polar surface area (TPSA) is 0 Å². The maximum atomic E-state index is 3.30. The average Bonchev–Trinajstić information content (AvgIpc) is 2.91. The van der Waals surface area contributed by atoms with Crippen molar-refractivity contribution in [2.45, 2.75) is 26.7 Å². The molecule has 0 N–H and O–H groups in total. The molecule has 1 aliphatic rings. The summed E-state index contributed by atoms with van der Waals surface area (Å²) in [7, 11) is 0. The fraction of sp³-hybridized carbons (Fsp3) is 0.211. The molecular weight excluding hydrogens is 319 g/mol. The van der Waals surface area contributed by atoms with E-state index in [2.05, 4.69) is 63.3 Å². The molecule has 20 heavy (non-hydrogen) atoms. The Morgan fingerprint density at radius 2 is 1.65 bits per heavy atom. The molecule has 3 rings (SSSR count). The van der Waals surface area contributed by atoms with Gasteiger partial charge in [0.05, 0.1) is 0 Å². The first-order valence-corrected chi connectivity index (χ1v) is 6.05. The van der Waals surface area contributed by atoms with Crippen molar-refractivity contribution in [1.82, 2.24) is 0 Å². The number of rotatable bonds is 0.